The molecule has 0 fully saturated rings. The van der Waals surface area contributed by atoms with Crippen LogP contribution in [0.1, 0.15) is 24.1 Å². The monoisotopic (exact) mass is 332 g/mol. The van der Waals surface area contributed by atoms with Crippen LogP contribution in [0.4, 0.5) is 0 Å². The quantitative estimate of drug-likeness (QED) is 0.493. The van der Waals surface area contributed by atoms with Gasteiger partial charge in [0, 0.05) is 5.56 Å². The van der Waals surface area contributed by atoms with Gasteiger partial charge in [0.1, 0.15) is 17.4 Å². The lowest BCUT2D eigenvalue weighted by Crippen LogP contribution is -2.27. The highest BCUT2D eigenvalue weighted by molar-refractivity contribution is 5.97. The van der Waals surface area contributed by atoms with E-state index in [0.29, 0.717) is 0 Å². The van der Waals surface area contributed by atoms with Crippen LogP contribution in [0.15, 0.2) is 72.3 Å². The number of hydrogen-bond donors (Lipinski definition) is 1. The highest BCUT2D eigenvalue weighted by atomic mass is 16.5. The predicted octanol–water partition coefficient (Wildman–Crippen LogP) is 4.04. The summed E-state index contributed by atoms with van der Waals surface area (Å²) in [5, 5.41) is 12.1. The molecule has 0 radical (unpaired) electrons. The Kier molecular flexibility index (Phi) is 6.56. The van der Waals surface area contributed by atoms with E-state index in [-0.39, 0.29) is 11.6 Å². The van der Waals surface area contributed by atoms with Gasteiger partial charge in [-0.25, -0.2) is 0 Å². The molecule has 4 nitrogen and oxygen atoms in total. The number of benzene rings is 2. The molecule has 25 heavy (non-hydrogen) atoms. The molecule has 126 valence electrons. The molecule has 0 aliphatic rings. The molecule has 2 aromatic rings. The summed E-state index contributed by atoms with van der Waals surface area (Å²) in [7, 11) is 1.60. The first-order valence-electron chi connectivity index (χ1n) is 7.93. The molecule has 0 aliphatic heterocycles. The maximum Gasteiger partial charge on any atom is 0.262 e. The maximum atomic E-state index is 12.3. The Balaban J connectivity index is 2.08. The molecular formula is C21H20N2O2. The molecule has 0 aliphatic carbocycles. The summed E-state index contributed by atoms with van der Waals surface area (Å²) in [4.78, 5) is 12.3. The van der Waals surface area contributed by atoms with E-state index in [1.807, 2.05) is 67.6 Å². The van der Waals surface area contributed by atoms with Crippen molar-refractivity contribution in [3.8, 4) is 11.8 Å². The van der Waals surface area contributed by atoms with Gasteiger partial charge in [0.25, 0.3) is 5.91 Å². The average Bonchev–Trinajstić information content (AvgIpc) is 2.66. The van der Waals surface area contributed by atoms with E-state index in [2.05, 4.69) is 5.32 Å². The third-order valence-corrected chi connectivity index (χ3v) is 3.69. The molecule has 0 saturated carbocycles. The molecule has 1 N–H and O–H groups in total. The summed E-state index contributed by atoms with van der Waals surface area (Å²) in [6.45, 7) is 1.88. The van der Waals surface area contributed by atoms with Crippen molar-refractivity contribution in [2.24, 2.45) is 0 Å². The minimum atomic E-state index is -0.400. The Morgan fingerprint density at radius 2 is 1.84 bits per heavy atom. The van der Waals surface area contributed by atoms with Crippen LogP contribution in [-0.2, 0) is 4.79 Å². The summed E-state index contributed by atoms with van der Waals surface area (Å²) in [6.07, 6.45) is 4.97. The van der Waals surface area contributed by atoms with Crippen LogP contribution in [-0.4, -0.2) is 13.0 Å². The van der Waals surface area contributed by atoms with Crippen molar-refractivity contribution in [1.29, 1.82) is 5.26 Å². The number of ether oxygens (including phenoxy) is 1. The fourth-order valence-corrected chi connectivity index (χ4v) is 2.32. The van der Waals surface area contributed by atoms with Gasteiger partial charge in [-0.2, -0.15) is 5.26 Å². The first-order valence-corrected chi connectivity index (χ1v) is 7.93. The standard InChI is InChI=1S/C21H20N2O2/c1-16(17-9-4-3-5-10-17)23-21(24)19(15-22)13-8-12-18-11-6-7-14-20(18)25-2/h3-14,16H,1-2H3,(H,23,24)/b12-8+,19-13+/t16-/m0/s1. The number of rotatable bonds is 6. The number of nitrogens with zero attached hydrogens (tertiary/aromatic N) is 1. The molecule has 2 aromatic carbocycles. The maximum absolute atomic E-state index is 12.3. The molecule has 0 bridgehead atoms. The van der Waals surface area contributed by atoms with Gasteiger partial charge in [-0.05, 0) is 24.6 Å². The number of methoxy groups -OCH3 is 1. The average molecular weight is 332 g/mol. The van der Waals surface area contributed by atoms with Crippen LogP contribution in [0.2, 0.25) is 0 Å². The third-order valence-electron chi connectivity index (χ3n) is 3.69. The molecule has 2 rings (SSSR count). The second kappa shape index (κ2) is 9.09. The lowest BCUT2D eigenvalue weighted by Gasteiger charge is -2.13. The lowest BCUT2D eigenvalue weighted by molar-refractivity contribution is -0.117. The van der Waals surface area contributed by atoms with E-state index in [0.717, 1.165) is 16.9 Å². The van der Waals surface area contributed by atoms with Gasteiger partial charge in [0.2, 0.25) is 0 Å². The normalized spacial score (nSPS) is 12.4. The van der Waals surface area contributed by atoms with Crippen LogP contribution >= 0.6 is 0 Å². The number of nitrogens with one attached hydrogen (secondary N) is 1. The van der Waals surface area contributed by atoms with E-state index in [4.69, 9.17) is 4.74 Å². The zero-order chi connectivity index (χ0) is 18.1. The van der Waals surface area contributed by atoms with E-state index >= 15 is 0 Å². The van der Waals surface area contributed by atoms with Crippen LogP contribution in [0.25, 0.3) is 6.08 Å². The van der Waals surface area contributed by atoms with Crippen LogP contribution in [0, 0.1) is 11.3 Å². The summed E-state index contributed by atoms with van der Waals surface area (Å²) >= 11 is 0. The van der Waals surface area contributed by atoms with Crippen LogP contribution < -0.4 is 10.1 Å². The van der Waals surface area contributed by atoms with Crippen molar-refractivity contribution in [2.75, 3.05) is 7.11 Å². The topological polar surface area (TPSA) is 62.1 Å². The van der Waals surface area contributed by atoms with Gasteiger partial charge in [-0.3, -0.25) is 4.79 Å². The van der Waals surface area contributed by atoms with Crippen molar-refractivity contribution in [1.82, 2.24) is 5.32 Å². The number of allylic oxidation sites excluding steroid dienone is 2. The Labute approximate surface area is 148 Å². The first kappa shape index (κ1) is 18.0. The van der Waals surface area contributed by atoms with Gasteiger partial charge >= 0.3 is 0 Å². The van der Waals surface area contributed by atoms with Crippen molar-refractivity contribution in [2.45, 2.75) is 13.0 Å². The van der Waals surface area contributed by atoms with Crippen molar-refractivity contribution < 1.29 is 9.53 Å². The van der Waals surface area contributed by atoms with Crippen molar-refractivity contribution in [3.05, 3.63) is 83.4 Å². The molecule has 4 heteroatoms. The number of para-hydroxylation sites is 1. The van der Waals surface area contributed by atoms with Crippen molar-refractivity contribution in [3.63, 3.8) is 0 Å². The lowest BCUT2D eigenvalue weighted by atomic mass is 10.1. The number of amides is 1. The Morgan fingerprint density at radius 3 is 2.52 bits per heavy atom. The first-order chi connectivity index (χ1) is 12.2. The SMILES string of the molecule is COc1ccccc1/C=C/C=C(\C#N)C(=O)N[C@@H](C)c1ccccc1. The third kappa shape index (κ3) is 5.08. The summed E-state index contributed by atoms with van der Waals surface area (Å²) in [5.41, 5.74) is 1.91. The molecule has 0 saturated heterocycles. The number of carbonyl (C=O) groups excluding carboxylic acids is 1. The Hall–Kier alpha value is -3.32. The Morgan fingerprint density at radius 1 is 1.16 bits per heavy atom. The molecular weight excluding hydrogens is 312 g/mol. The smallest absolute Gasteiger partial charge is 0.262 e. The molecule has 0 heterocycles. The van der Waals surface area contributed by atoms with Gasteiger partial charge in [-0.1, -0.05) is 60.7 Å². The highest BCUT2D eigenvalue weighted by Gasteiger charge is 2.12. The molecule has 1 amide bonds. The zero-order valence-corrected chi connectivity index (χ0v) is 14.3. The zero-order valence-electron chi connectivity index (χ0n) is 14.3. The van der Waals surface area contributed by atoms with Gasteiger partial charge < -0.3 is 10.1 Å². The van der Waals surface area contributed by atoms with E-state index in [1.54, 1.807) is 19.3 Å². The minimum absolute atomic E-state index is 0.0499. The minimum Gasteiger partial charge on any atom is -0.496 e. The second-order valence-corrected chi connectivity index (χ2v) is 5.40. The fourth-order valence-electron chi connectivity index (χ4n) is 2.32. The summed E-state index contributed by atoms with van der Waals surface area (Å²) < 4.78 is 5.26. The summed E-state index contributed by atoms with van der Waals surface area (Å²) in [6, 6.07) is 18.9. The number of hydrogen-bond acceptors (Lipinski definition) is 3. The number of carbonyl (C=O) groups is 1. The second-order valence-electron chi connectivity index (χ2n) is 5.40. The molecule has 0 aromatic heterocycles. The van der Waals surface area contributed by atoms with E-state index in [9.17, 15) is 10.1 Å². The van der Waals surface area contributed by atoms with Gasteiger partial charge in [-0.15, -0.1) is 0 Å². The van der Waals surface area contributed by atoms with Crippen LogP contribution in [0.5, 0.6) is 5.75 Å². The Bertz CT molecular complexity index is 817. The molecule has 1 atom stereocenters. The fraction of sp³-hybridized carbons (Fsp3) is 0.143. The van der Waals surface area contributed by atoms with E-state index in [1.165, 1.54) is 6.08 Å². The molecule has 0 unspecified atom stereocenters. The van der Waals surface area contributed by atoms with Gasteiger partial charge in [0.15, 0.2) is 0 Å². The van der Waals surface area contributed by atoms with Crippen molar-refractivity contribution >= 4 is 12.0 Å². The summed E-state index contributed by atoms with van der Waals surface area (Å²) in [5.74, 6) is 0.330. The predicted molar refractivity (Wildman–Crippen MR) is 98.7 cm³/mol. The van der Waals surface area contributed by atoms with Crippen LogP contribution in [0.3, 0.4) is 0 Å². The number of nitriles is 1. The highest BCUT2D eigenvalue weighted by Crippen LogP contribution is 2.18. The largest absolute Gasteiger partial charge is 0.496 e. The van der Waals surface area contributed by atoms with Gasteiger partial charge in [0.05, 0.1) is 13.2 Å². The molecule has 0 spiro atoms. The van der Waals surface area contributed by atoms with E-state index < -0.39 is 5.91 Å².